The van der Waals surface area contributed by atoms with Crippen LogP contribution in [0.15, 0.2) is 30.3 Å². The molecule has 7 nitrogen and oxygen atoms in total. The second kappa shape index (κ2) is 12.6. The Balaban J connectivity index is 1.73. The summed E-state index contributed by atoms with van der Waals surface area (Å²) in [7, 11) is 0. The Bertz CT molecular complexity index is 1240. The number of hydrogen-bond donors (Lipinski definition) is 2. The molecule has 0 saturated carbocycles. The number of rotatable bonds is 7. The van der Waals surface area contributed by atoms with Gasteiger partial charge >= 0.3 is 12.3 Å². The van der Waals surface area contributed by atoms with Crippen molar-refractivity contribution >= 4 is 35.0 Å². The third kappa shape index (κ3) is 8.69. The second-order valence-corrected chi connectivity index (χ2v) is 11.0. The van der Waals surface area contributed by atoms with Crippen molar-refractivity contribution in [1.82, 2.24) is 10.2 Å². The summed E-state index contributed by atoms with van der Waals surface area (Å²) in [4.78, 5) is 28.4. The molecule has 0 radical (unpaired) electrons. The molecule has 40 heavy (non-hydrogen) atoms. The Hall–Kier alpha value is -3.12. The minimum absolute atomic E-state index is 0.116. The van der Waals surface area contributed by atoms with Crippen molar-refractivity contribution in [2.24, 2.45) is 0 Å². The SMILES string of the molecule is C[C@H]1CN(CCC(F)(F)F)CCN1c1cc(Cl)ccc1NC(=O)c1ccc(CNC(=O)OC(C)(C)C)c(F)c1F. The standard InChI is InChI=1S/C27H32ClF5N4O3/c1-16-15-36(10-9-27(31,32)33)11-12-37(16)21-13-18(28)6-8-20(21)35-24(38)19-7-5-17(22(29)23(19)30)14-34-25(39)40-26(2,3)4/h5-8,13,16H,9-12,14-15H2,1-4H3,(H,34,39)(H,35,38)/t16-/m0/s1. The summed E-state index contributed by atoms with van der Waals surface area (Å²) in [5, 5.41) is 5.29. The maximum Gasteiger partial charge on any atom is 0.407 e. The molecule has 1 aliphatic rings. The fourth-order valence-electron chi connectivity index (χ4n) is 4.30. The highest BCUT2D eigenvalue weighted by atomic mass is 35.5. The monoisotopic (exact) mass is 590 g/mol. The van der Waals surface area contributed by atoms with Gasteiger partial charge in [0, 0.05) is 49.4 Å². The molecule has 1 fully saturated rings. The van der Waals surface area contributed by atoms with Crippen LogP contribution >= 0.6 is 11.6 Å². The lowest BCUT2D eigenvalue weighted by Crippen LogP contribution is -2.52. The zero-order valence-corrected chi connectivity index (χ0v) is 23.3. The van der Waals surface area contributed by atoms with Crippen LogP contribution in [0.3, 0.4) is 0 Å². The molecule has 0 unspecified atom stereocenters. The summed E-state index contributed by atoms with van der Waals surface area (Å²) in [6.45, 7) is 7.43. The number of hydrogen-bond acceptors (Lipinski definition) is 5. The predicted octanol–water partition coefficient (Wildman–Crippen LogP) is 6.36. The average Bonchev–Trinajstić information content (AvgIpc) is 2.83. The van der Waals surface area contributed by atoms with E-state index in [0.717, 1.165) is 6.07 Å². The Morgan fingerprint density at radius 1 is 1.07 bits per heavy atom. The third-order valence-electron chi connectivity index (χ3n) is 6.17. The van der Waals surface area contributed by atoms with Gasteiger partial charge in [0.25, 0.3) is 5.91 Å². The van der Waals surface area contributed by atoms with Crippen LogP contribution in [0.2, 0.25) is 5.02 Å². The normalized spacial score (nSPS) is 16.6. The average molecular weight is 591 g/mol. The van der Waals surface area contributed by atoms with E-state index in [2.05, 4.69) is 10.6 Å². The number of anilines is 2. The van der Waals surface area contributed by atoms with E-state index in [1.165, 1.54) is 18.2 Å². The first-order valence-corrected chi connectivity index (χ1v) is 13.0. The van der Waals surface area contributed by atoms with Crippen LogP contribution < -0.4 is 15.5 Å². The Morgan fingerprint density at radius 2 is 1.77 bits per heavy atom. The fraction of sp³-hybridized carbons (Fsp3) is 0.481. The number of alkyl carbamates (subject to hydrolysis) is 1. The molecule has 1 aliphatic heterocycles. The van der Waals surface area contributed by atoms with Gasteiger partial charge in [-0.15, -0.1) is 0 Å². The van der Waals surface area contributed by atoms with Gasteiger partial charge in [-0.25, -0.2) is 13.6 Å². The molecular weight excluding hydrogens is 559 g/mol. The largest absolute Gasteiger partial charge is 0.444 e. The van der Waals surface area contributed by atoms with Crippen molar-refractivity contribution in [2.75, 3.05) is 36.4 Å². The summed E-state index contributed by atoms with van der Waals surface area (Å²) >= 11 is 6.19. The second-order valence-electron chi connectivity index (χ2n) is 10.6. The topological polar surface area (TPSA) is 73.9 Å². The number of carbonyl (C=O) groups excluding carboxylic acids is 2. The summed E-state index contributed by atoms with van der Waals surface area (Å²) in [6, 6.07) is 6.72. The van der Waals surface area contributed by atoms with E-state index in [9.17, 15) is 31.5 Å². The summed E-state index contributed by atoms with van der Waals surface area (Å²) in [5.41, 5.74) is -0.716. The number of nitrogens with one attached hydrogen (secondary N) is 2. The van der Waals surface area contributed by atoms with Crippen molar-refractivity contribution in [3.8, 4) is 0 Å². The molecular formula is C27H32ClF5N4O3. The van der Waals surface area contributed by atoms with Crippen LogP contribution in [0.5, 0.6) is 0 Å². The maximum absolute atomic E-state index is 14.9. The minimum atomic E-state index is -4.24. The molecule has 0 bridgehead atoms. The molecule has 220 valence electrons. The van der Waals surface area contributed by atoms with Crippen LogP contribution in [0.1, 0.15) is 50.0 Å². The molecule has 0 aliphatic carbocycles. The number of piperazine rings is 1. The first-order valence-electron chi connectivity index (χ1n) is 12.6. The van der Waals surface area contributed by atoms with Gasteiger partial charge in [-0.1, -0.05) is 17.7 Å². The van der Waals surface area contributed by atoms with Crippen LogP contribution in [0.4, 0.5) is 38.1 Å². The Morgan fingerprint density at radius 3 is 2.40 bits per heavy atom. The Labute approximate surface area is 234 Å². The zero-order valence-electron chi connectivity index (χ0n) is 22.6. The van der Waals surface area contributed by atoms with E-state index in [-0.39, 0.29) is 30.4 Å². The van der Waals surface area contributed by atoms with E-state index >= 15 is 0 Å². The van der Waals surface area contributed by atoms with Gasteiger partial charge in [-0.05, 0) is 52.0 Å². The molecule has 0 aromatic heterocycles. The van der Waals surface area contributed by atoms with E-state index < -0.39 is 47.4 Å². The summed E-state index contributed by atoms with van der Waals surface area (Å²) in [5.74, 6) is -3.59. The minimum Gasteiger partial charge on any atom is -0.444 e. The number of carbonyl (C=O) groups is 2. The lowest BCUT2D eigenvalue weighted by molar-refractivity contribution is -0.138. The quantitative estimate of drug-likeness (QED) is 0.367. The number of alkyl halides is 3. The van der Waals surface area contributed by atoms with E-state index in [0.29, 0.717) is 30.3 Å². The van der Waals surface area contributed by atoms with Crippen LogP contribution in [0, 0.1) is 11.6 Å². The highest BCUT2D eigenvalue weighted by Crippen LogP contribution is 2.33. The van der Waals surface area contributed by atoms with Gasteiger partial charge in [0.1, 0.15) is 5.60 Å². The number of halogens is 6. The molecule has 2 aromatic rings. The molecule has 1 heterocycles. The lowest BCUT2D eigenvalue weighted by Gasteiger charge is -2.42. The van der Waals surface area contributed by atoms with E-state index in [1.807, 2.05) is 11.8 Å². The van der Waals surface area contributed by atoms with Crippen LogP contribution in [-0.2, 0) is 11.3 Å². The van der Waals surface area contributed by atoms with Crippen LogP contribution in [0.25, 0.3) is 0 Å². The third-order valence-corrected chi connectivity index (χ3v) is 6.40. The van der Waals surface area contributed by atoms with Gasteiger partial charge in [-0.3, -0.25) is 9.69 Å². The first-order chi connectivity index (χ1) is 18.5. The highest BCUT2D eigenvalue weighted by Gasteiger charge is 2.31. The van der Waals surface area contributed by atoms with Crippen molar-refractivity contribution in [3.05, 3.63) is 58.1 Å². The van der Waals surface area contributed by atoms with Crippen LogP contribution in [-0.4, -0.2) is 60.9 Å². The number of benzene rings is 2. The molecule has 1 atom stereocenters. The van der Waals surface area contributed by atoms with Crippen molar-refractivity contribution in [1.29, 1.82) is 0 Å². The van der Waals surface area contributed by atoms with E-state index in [4.69, 9.17) is 16.3 Å². The smallest absolute Gasteiger partial charge is 0.407 e. The maximum atomic E-state index is 14.9. The Kier molecular flexibility index (Phi) is 9.89. The number of ether oxygens (including phenoxy) is 1. The molecule has 2 N–H and O–H groups in total. The van der Waals surface area contributed by atoms with Gasteiger partial charge in [0.15, 0.2) is 11.6 Å². The summed E-state index contributed by atoms with van der Waals surface area (Å²) < 4.78 is 72.7. The molecule has 2 aromatic carbocycles. The van der Waals surface area contributed by atoms with Gasteiger partial charge < -0.3 is 20.3 Å². The van der Waals surface area contributed by atoms with Gasteiger partial charge in [-0.2, -0.15) is 13.2 Å². The van der Waals surface area contributed by atoms with Gasteiger partial charge in [0.05, 0.1) is 23.4 Å². The number of amides is 2. The first kappa shape index (κ1) is 31.4. The molecule has 2 amide bonds. The molecule has 13 heteroatoms. The fourth-order valence-corrected chi connectivity index (χ4v) is 4.47. The van der Waals surface area contributed by atoms with Crippen molar-refractivity contribution < 1.29 is 36.3 Å². The zero-order chi connectivity index (χ0) is 29.8. The molecule has 1 saturated heterocycles. The molecule has 3 rings (SSSR count). The van der Waals surface area contributed by atoms with Crippen molar-refractivity contribution in [3.63, 3.8) is 0 Å². The van der Waals surface area contributed by atoms with Crippen molar-refractivity contribution in [2.45, 2.75) is 58.5 Å². The highest BCUT2D eigenvalue weighted by molar-refractivity contribution is 6.31. The lowest BCUT2D eigenvalue weighted by atomic mass is 10.1. The predicted molar refractivity (Wildman–Crippen MR) is 143 cm³/mol. The number of nitrogens with zero attached hydrogens (tertiary/aromatic N) is 2. The van der Waals surface area contributed by atoms with Gasteiger partial charge in [0.2, 0.25) is 0 Å². The summed E-state index contributed by atoms with van der Waals surface area (Å²) in [6.07, 6.45) is -5.96. The van der Waals surface area contributed by atoms with E-state index in [1.54, 1.807) is 31.7 Å². The molecule has 0 spiro atoms.